The number of rotatable bonds is 4. The van der Waals surface area contributed by atoms with E-state index in [9.17, 15) is 13.2 Å². The maximum atomic E-state index is 11.7. The molecule has 0 aromatic heterocycles. The summed E-state index contributed by atoms with van der Waals surface area (Å²) in [4.78, 5) is 11.7. The molecule has 1 amide bonds. The SMILES string of the molecule is NS(=O)(=O)CCNC(=O)c1c(Cl)cccc1Cl. The number of carbonyl (C=O) groups is 1. The highest BCUT2D eigenvalue weighted by molar-refractivity contribution is 7.89. The molecule has 0 unspecified atom stereocenters. The lowest BCUT2D eigenvalue weighted by Gasteiger charge is -2.07. The molecule has 0 saturated carbocycles. The van der Waals surface area contributed by atoms with Gasteiger partial charge in [-0.2, -0.15) is 0 Å². The van der Waals surface area contributed by atoms with Crippen LogP contribution in [-0.2, 0) is 10.0 Å². The highest BCUT2D eigenvalue weighted by atomic mass is 35.5. The maximum Gasteiger partial charge on any atom is 0.254 e. The Kier molecular flexibility index (Phi) is 4.76. The zero-order valence-electron chi connectivity index (χ0n) is 8.61. The predicted octanol–water partition coefficient (Wildman–Crippen LogP) is 1.01. The highest BCUT2D eigenvalue weighted by Crippen LogP contribution is 2.23. The van der Waals surface area contributed by atoms with Crippen LogP contribution in [0.2, 0.25) is 10.0 Å². The van der Waals surface area contributed by atoms with E-state index in [0.717, 1.165) is 0 Å². The second kappa shape index (κ2) is 5.68. The van der Waals surface area contributed by atoms with Crippen LogP contribution < -0.4 is 10.5 Å². The van der Waals surface area contributed by atoms with E-state index in [-0.39, 0.29) is 27.9 Å². The van der Waals surface area contributed by atoms with Crippen molar-refractivity contribution in [2.45, 2.75) is 0 Å². The first kappa shape index (κ1) is 14.2. The van der Waals surface area contributed by atoms with Gasteiger partial charge < -0.3 is 5.32 Å². The summed E-state index contributed by atoms with van der Waals surface area (Å²) in [5, 5.41) is 7.56. The van der Waals surface area contributed by atoms with Crippen molar-refractivity contribution >= 4 is 39.1 Å². The van der Waals surface area contributed by atoms with Gasteiger partial charge in [0, 0.05) is 6.54 Å². The van der Waals surface area contributed by atoms with Gasteiger partial charge in [-0.25, -0.2) is 13.6 Å². The van der Waals surface area contributed by atoms with Gasteiger partial charge in [-0.05, 0) is 12.1 Å². The minimum atomic E-state index is -3.60. The van der Waals surface area contributed by atoms with Crippen LogP contribution in [0.1, 0.15) is 10.4 Å². The number of hydrogen-bond donors (Lipinski definition) is 2. The Bertz CT molecular complexity index is 511. The van der Waals surface area contributed by atoms with Gasteiger partial charge >= 0.3 is 0 Å². The molecule has 0 aliphatic heterocycles. The summed E-state index contributed by atoms with van der Waals surface area (Å²) < 4.78 is 21.3. The number of nitrogens with two attached hydrogens (primary N) is 1. The average Bonchev–Trinajstić information content (AvgIpc) is 2.15. The molecule has 5 nitrogen and oxygen atoms in total. The molecule has 0 fully saturated rings. The standard InChI is InChI=1S/C9H10Cl2N2O3S/c10-6-2-1-3-7(11)8(6)9(14)13-4-5-17(12,15)16/h1-3H,4-5H2,(H,13,14)(H2,12,15,16). The molecule has 0 aliphatic carbocycles. The summed E-state index contributed by atoms with van der Waals surface area (Å²) >= 11 is 11.6. The molecule has 3 N–H and O–H groups in total. The maximum absolute atomic E-state index is 11.7. The van der Waals surface area contributed by atoms with E-state index in [1.54, 1.807) is 6.07 Å². The third kappa shape index (κ3) is 4.51. The van der Waals surface area contributed by atoms with Crippen LogP contribution in [-0.4, -0.2) is 26.6 Å². The Hall–Kier alpha value is -0.820. The minimum absolute atomic E-state index is 0.0980. The van der Waals surface area contributed by atoms with Gasteiger partial charge in [0.2, 0.25) is 10.0 Å². The van der Waals surface area contributed by atoms with Gasteiger partial charge in [-0.1, -0.05) is 29.3 Å². The van der Waals surface area contributed by atoms with E-state index >= 15 is 0 Å². The van der Waals surface area contributed by atoms with Crippen molar-refractivity contribution in [2.24, 2.45) is 5.14 Å². The number of carbonyl (C=O) groups excluding carboxylic acids is 1. The Labute approximate surface area is 109 Å². The Morgan fingerprint density at radius 2 is 1.82 bits per heavy atom. The Morgan fingerprint density at radius 3 is 2.29 bits per heavy atom. The summed E-state index contributed by atoms with van der Waals surface area (Å²) in [6.07, 6.45) is 0. The molecular weight excluding hydrogens is 287 g/mol. The number of amides is 1. The van der Waals surface area contributed by atoms with Gasteiger partial charge in [0.1, 0.15) is 0 Å². The third-order valence-corrected chi connectivity index (χ3v) is 3.27. The lowest BCUT2D eigenvalue weighted by Crippen LogP contribution is -2.31. The van der Waals surface area contributed by atoms with Crippen molar-refractivity contribution in [1.82, 2.24) is 5.32 Å². The predicted molar refractivity (Wildman–Crippen MR) is 66.8 cm³/mol. The molecule has 1 rings (SSSR count). The van der Waals surface area contributed by atoms with Gasteiger partial charge in [-0.15, -0.1) is 0 Å². The van der Waals surface area contributed by atoms with Crippen LogP contribution in [0.4, 0.5) is 0 Å². The topological polar surface area (TPSA) is 89.3 Å². The summed E-state index contributed by atoms with van der Waals surface area (Å²) in [5.41, 5.74) is 0.116. The van der Waals surface area contributed by atoms with Crippen LogP contribution in [0.25, 0.3) is 0 Å². The molecule has 8 heteroatoms. The normalized spacial score (nSPS) is 11.2. The molecule has 0 spiro atoms. The fourth-order valence-corrected chi connectivity index (χ4v) is 2.07. The lowest BCUT2D eigenvalue weighted by atomic mass is 10.2. The van der Waals surface area contributed by atoms with Crippen molar-refractivity contribution in [3.63, 3.8) is 0 Å². The van der Waals surface area contributed by atoms with Gasteiger partial charge in [0.25, 0.3) is 5.91 Å². The summed E-state index contributed by atoms with van der Waals surface area (Å²) in [6.45, 7) is -0.0980. The molecule has 0 atom stereocenters. The Morgan fingerprint density at radius 1 is 1.29 bits per heavy atom. The quantitative estimate of drug-likeness (QED) is 0.869. The molecule has 0 aliphatic rings. The Balaban J connectivity index is 2.71. The molecular formula is C9H10Cl2N2O3S. The molecule has 0 heterocycles. The van der Waals surface area contributed by atoms with Crippen LogP contribution in [0.15, 0.2) is 18.2 Å². The molecule has 94 valence electrons. The number of nitrogens with one attached hydrogen (secondary N) is 1. The van der Waals surface area contributed by atoms with E-state index in [1.807, 2.05) is 0 Å². The largest absolute Gasteiger partial charge is 0.351 e. The van der Waals surface area contributed by atoms with Gasteiger partial charge in [0.05, 0.1) is 21.4 Å². The minimum Gasteiger partial charge on any atom is -0.351 e. The highest BCUT2D eigenvalue weighted by Gasteiger charge is 2.14. The summed E-state index contributed by atoms with van der Waals surface area (Å²) in [7, 11) is -3.60. The molecule has 1 aromatic rings. The fourth-order valence-electron chi connectivity index (χ4n) is 1.11. The number of benzene rings is 1. The second-order valence-electron chi connectivity index (χ2n) is 3.22. The van der Waals surface area contributed by atoms with E-state index in [4.69, 9.17) is 28.3 Å². The second-order valence-corrected chi connectivity index (χ2v) is 5.77. The summed E-state index contributed by atoms with van der Waals surface area (Å²) in [6, 6.07) is 4.63. The molecule has 0 bridgehead atoms. The first-order chi connectivity index (χ1) is 7.81. The van der Waals surface area contributed by atoms with Crippen molar-refractivity contribution in [3.8, 4) is 0 Å². The van der Waals surface area contributed by atoms with Crippen LogP contribution in [0.3, 0.4) is 0 Å². The number of sulfonamides is 1. The monoisotopic (exact) mass is 296 g/mol. The first-order valence-corrected chi connectivity index (χ1v) is 7.01. The number of halogens is 2. The smallest absolute Gasteiger partial charge is 0.254 e. The van der Waals surface area contributed by atoms with Crippen molar-refractivity contribution in [2.75, 3.05) is 12.3 Å². The van der Waals surface area contributed by atoms with Crippen LogP contribution >= 0.6 is 23.2 Å². The van der Waals surface area contributed by atoms with Crippen LogP contribution in [0.5, 0.6) is 0 Å². The third-order valence-electron chi connectivity index (χ3n) is 1.86. The zero-order valence-corrected chi connectivity index (χ0v) is 10.9. The number of primary sulfonamides is 1. The van der Waals surface area contributed by atoms with E-state index in [2.05, 4.69) is 5.32 Å². The van der Waals surface area contributed by atoms with E-state index in [0.29, 0.717) is 0 Å². The lowest BCUT2D eigenvalue weighted by molar-refractivity contribution is 0.0956. The van der Waals surface area contributed by atoms with Crippen molar-refractivity contribution in [3.05, 3.63) is 33.8 Å². The van der Waals surface area contributed by atoms with Crippen LogP contribution in [0, 0.1) is 0 Å². The van der Waals surface area contributed by atoms with E-state index < -0.39 is 15.9 Å². The average molecular weight is 297 g/mol. The molecule has 0 radical (unpaired) electrons. The van der Waals surface area contributed by atoms with Crippen molar-refractivity contribution < 1.29 is 13.2 Å². The fraction of sp³-hybridized carbons (Fsp3) is 0.222. The molecule has 17 heavy (non-hydrogen) atoms. The summed E-state index contributed by atoms with van der Waals surface area (Å²) in [5.74, 6) is -0.884. The first-order valence-electron chi connectivity index (χ1n) is 4.54. The van der Waals surface area contributed by atoms with Gasteiger partial charge in [-0.3, -0.25) is 4.79 Å². The van der Waals surface area contributed by atoms with Crippen molar-refractivity contribution in [1.29, 1.82) is 0 Å². The molecule has 1 aromatic carbocycles. The van der Waals surface area contributed by atoms with Gasteiger partial charge in [0.15, 0.2) is 0 Å². The zero-order chi connectivity index (χ0) is 13.1. The molecule has 0 saturated heterocycles. The number of hydrogen-bond acceptors (Lipinski definition) is 3. The van der Waals surface area contributed by atoms with E-state index in [1.165, 1.54) is 12.1 Å².